The number of methoxy groups -OCH3 is 2. The molecule has 0 amide bonds. The van der Waals surface area contributed by atoms with Gasteiger partial charge in [-0.1, -0.05) is 29.8 Å². The van der Waals surface area contributed by atoms with Crippen LogP contribution >= 0.6 is 0 Å². The summed E-state index contributed by atoms with van der Waals surface area (Å²) in [5.41, 5.74) is 1.65. The summed E-state index contributed by atoms with van der Waals surface area (Å²) in [6.45, 7) is 6.53. The molecule has 2 rings (SSSR count). The molecule has 0 bridgehead atoms. The second-order valence-corrected chi connectivity index (χ2v) is 6.28. The minimum absolute atomic E-state index is 0.188. The average molecular weight is 357 g/mol. The van der Waals surface area contributed by atoms with Crippen molar-refractivity contribution in [2.24, 2.45) is 0 Å². The third-order valence-corrected chi connectivity index (χ3v) is 4.69. The van der Waals surface area contributed by atoms with Gasteiger partial charge >= 0.3 is 11.9 Å². The van der Waals surface area contributed by atoms with Crippen molar-refractivity contribution in [3.8, 4) is 0 Å². The molecule has 1 aliphatic heterocycles. The number of aryl methyl sites for hydroxylation is 1. The lowest BCUT2D eigenvalue weighted by molar-refractivity contribution is -0.150. The Hall–Kier alpha value is -2.89. The number of dihydropyridines is 1. The molecular weight excluding hydrogens is 334 g/mol. The van der Waals surface area contributed by atoms with Crippen molar-refractivity contribution in [3.05, 3.63) is 52.2 Å². The van der Waals surface area contributed by atoms with Gasteiger partial charge in [0.05, 0.1) is 19.8 Å². The Morgan fingerprint density at radius 2 is 1.54 bits per heavy atom. The van der Waals surface area contributed by atoms with Crippen LogP contribution in [0.15, 0.2) is 41.1 Å². The van der Waals surface area contributed by atoms with Crippen LogP contribution in [-0.4, -0.2) is 37.5 Å². The van der Waals surface area contributed by atoms with E-state index in [1.165, 1.54) is 21.1 Å². The number of ketones is 1. The number of benzene rings is 1. The van der Waals surface area contributed by atoms with Crippen LogP contribution in [-0.2, 0) is 23.9 Å². The maximum absolute atomic E-state index is 12.6. The van der Waals surface area contributed by atoms with E-state index in [0.717, 1.165) is 11.1 Å². The molecule has 138 valence electrons. The predicted molar refractivity (Wildman–Crippen MR) is 97.1 cm³/mol. The fourth-order valence-electron chi connectivity index (χ4n) is 3.29. The Bertz CT molecular complexity index is 832. The van der Waals surface area contributed by atoms with Crippen molar-refractivity contribution < 1.29 is 23.9 Å². The third-order valence-electron chi connectivity index (χ3n) is 4.69. The number of nitrogens with one attached hydrogen (secondary N) is 1. The van der Waals surface area contributed by atoms with E-state index in [-0.39, 0.29) is 11.1 Å². The van der Waals surface area contributed by atoms with Crippen molar-refractivity contribution >= 4 is 23.3 Å². The van der Waals surface area contributed by atoms with Gasteiger partial charge in [-0.2, -0.15) is 0 Å². The van der Waals surface area contributed by atoms with Gasteiger partial charge in [-0.3, -0.25) is 4.79 Å². The minimum atomic E-state index is -1.75. The van der Waals surface area contributed by atoms with Gasteiger partial charge in [0.15, 0.2) is 5.78 Å². The average Bonchev–Trinajstić information content (AvgIpc) is 2.62. The number of carbonyl (C=O) groups excluding carboxylic acids is 3. The topological polar surface area (TPSA) is 81.7 Å². The van der Waals surface area contributed by atoms with Crippen LogP contribution in [0.2, 0.25) is 0 Å². The van der Waals surface area contributed by atoms with Crippen LogP contribution in [0.25, 0.3) is 5.57 Å². The van der Waals surface area contributed by atoms with Gasteiger partial charge in [0.1, 0.15) is 0 Å². The summed E-state index contributed by atoms with van der Waals surface area (Å²) in [4.78, 5) is 37.6. The zero-order valence-electron chi connectivity index (χ0n) is 15.9. The fourth-order valence-corrected chi connectivity index (χ4v) is 3.29. The summed E-state index contributed by atoms with van der Waals surface area (Å²) in [6.07, 6.45) is 0. The number of esters is 2. The highest BCUT2D eigenvalue weighted by Crippen LogP contribution is 2.39. The molecule has 1 aromatic rings. The highest BCUT2D eigenvalue weighted by atomic mass is 16.5. The molecule has 0 radical (unpaired) electrons. The Morgan fingerprint density at radius 1 is 0.962 bits per heavy atom. The Balaban J connectivity index is 2.82. The van der Waals surface area contributed by atoms with E-state index in [9.17, 15) is 14.4 Å². The number of rotatable bonds is 4. The van der Waals surface area contributed by atoms with Gasteiger partial charge in [0.2, 0.25) is 5.54 Å². The molecule has 0 aromatic heterocycles. The zero-order valence-corrected chi connectivity index (χ0v) is 15.9. The van der Waals surface area contributed by atoms with Crippen LogP contribution < -0.4 is 5.32 Å². The van der Waals surface area contributed by atoms with Gasteiger partial charge in [-0.05, 0) is 38.8 Å². The number of hydrogen-bond donors (Lipinski definition) is 1. The van der Waals surface area contributed by atoms with Crippen LogP contribution in [0.5, 0.6) is 0 Å². The van der Waals surface area contributed by atoms with E-state index < -0.39 is 23.3 Å². The smallest absolute Gasteiger partial charge is 0.343 e. The van der Waals surface area contributed by atoms with Crippen LogP contribution in [0, 0.1) is 6.92 Å². The molecule has 1 unspecified atom stereocenters. The standard InChI is InChI=1S/C20H23NO5/c1-11-7-9-15(10-8-11)17-13(3)21-20(14(4)22,19(24)26-6)12(2)16(17)18(23)25-5/h7-10,21H,1-6H3. The maximum Gasteiger partial charge on any atom is 0.343 e. The van der Waals surface area contributed by atoms with Gasteiger partial charge < -0.3 is 14.8 Å². The van der Waals surface area contributed by atoms with Crippen LogP contribution in [0.1, 0.15) is 31.9 Å². The number of ether oxygens (including phenoxy) is 2. The minimum Gasteiger partial charge on any atom is -0.467 e. The molecular formula is C20H23NO5. The first kappa shape index (κ1) is 19.4. The van der Waals surface area contributed by atoms with Crippen molar-refractivity contribution in [3.63, 3.8) is 0 Å². The first-order chi connectivity index (χ1) is 12.2. The number of carbonyl (C=O) groups is 3. The molecule has 6 nitrogen and oxygen atoms in total. The van der Waals surface area contributed by atoms with E-state index in [1.807, 2.05) is 31.2 Å². The van der Waals surface area contributed by atoms with Crippen molar-refractivity contribution in [1.82, 2.24) is 5.32 Å². The summed E-state index contributed by atoms with van der Waals surface area (Å²) in [7, 11) is 2.47. The lowest BCUT2D eigenvalue weighted by Crippen LogP contribution is -2.60. The van der Waals surface area contributed by atoms with Gasteiger partial charge in [-0.25, -0.2) is 9.59 Å². The monoisotopic (exact) mass is 357 g/mol. The van der Waals surface area contributed by atoms with Crippen molar-refractivity contribution in [2.75, 3.05) is 14.2 Å². The van der Waals surface area contributed by atoms with E-state index in [0.29, 0.717) is 11.3 Å². The number of hydrogen-bond acceptors (Lipinski definition) is 6. The second kappa shape index (κ2) is 7.15. The highest BCUT2D eigenvalue weighted by Gasteiger charge is 2.51. The molecule has 1 heterocycles. The molecule has 1 aliphatic rings. The first-order valence-electron chi connectivity index (χ1n) is 8.16. The molecule has 0 saturated carbocycles. The summed E-state index contributed by atoms with van der Waals surface area (Å²) >= 11 is 0. The summed E-state index contributed by atoms with van der Waals surface area (Å²) in [5, 5.41) is 2.99. The molecule has 0 aliphatic carbocycles. The quantitative estimate of drug-likeness (QED) is 0.658. The fraction of sp³-hybridized carbons (Fsp3) is 0.350. The van der Waals surface area contributed by atoms with E-state index in [1.54, 1.807) is 13.8 Å². The Morgan fingerprint density at radius 3 is 2.00 bits per heavy atom. The van der Waals surface area contributed by atoms with Crippen LogP contribution in [0.4, 0.5) is 0 Å². The third kappa shape index (κ3) is 2.92. The van der Waals surface area contributed by atoms with Crippen molar-refractivity contribution in [2.45, 2.75) is 33.2 Å². The molecule has 6 heteroatoms. The second-order valence-electron chi connectivity index (χ2n) is 6.28. The molecule has 0 spiro atoms. The number of Topliss-reactive ketones (excluding diaryl/α,β-unsaturated/α-hetero) is 1. The zero-order chi connectivity index (χ0) is 19.6. The largest absolute Gasteiger partial charge is 0.467 e. The van der Waals surface area contributed by atoms with E-state index >= 15 is 0 Å². The normalized spacial score (nSPS) is 19.8. The summed E-state index contributed by atoms with van der Waals surface area (Å²) in [5.74, 6) is -1.86. The predicted octanol–water partition coefficient (Wildman–Crippen LogP) is 2.32. The van der Waals surface area contributed by atoms with Crippen LogP contribution in [0.3, 0.4) is 0 Å². The van der Waals surface area contributed by atoms with Gasteiger partial charge in [0, 0.05) is 11.3 Å². The highest BCUT2D eigenvalue weighted by molar-refractivity contribution is 6.17. The van der Waals surface area contributed by atoms with E-state index in [4.69, 9.17) is 9.47 Å². The lowest BCUT2D eigenvalue weighted by atomic mass is 9.76. The number of allylic oxidation sites excluding steroid dienone is 1. The Labute approximate surface area is 152 Å². The van der Waals surface area contributed by atoms with Crippen molar-refractivity contribution in [1.29, 1.82) is 0 Å². The molecule has 1 aromatic carbocycles. The summed E-state index contributed by atoms with van der Waals surface area (Å²) in [6, 6.07) is 7.61. The first-order valence-corrected chi connectivity index (χ1v) is 8.16. The Kier molecular flexibility index (Phi) is 5.35. The van der Waals surface area contributed by atoms with E-state index in [2.05, 4.69) is 5.32 Å². The summed E-state index contributed by atoms with van der Waals surface area (Å²) < 4.78 is 9.81. The lowest BCUT2D eigenvalue weighted by Gasteiger charge is -2.38. The van der Waals surface area contributed by atoms with Gasteiger partial charge in [-0.15, -0.1) is 0 Å². The molecule has 0 fully saturated rings. The SMILES string of the molecule is COC(=O)C1=C(C)C(C(C)=O)(C(=O)OC)NC(C)=C1c1ccc(C)cc1. The molecule has 1 N–H and O–H groups in total. The maximum atomic E-state index is 12.6. The van der Waals surface area contributed by atoms with Gasteiger partial charge in [0.25, 0.3) is 0 Å². The molecule has 0 saturated heterocycles. The molecule has 26 heavy (non-hydrogen) atoms. The molecule has 1 atom stereocenters.